The van der Waals surface area contributed by atoms with Crippen LogP contribution in [0.1, 0.15) is 26.2 Å². The van der Waals surface area contributed by atoms with E-state index < -0.39 is 5.97 Å². The highest BCUT2D eigenvalue weighted by Gasteiger charge is 2.13. The van der Waals surface area contributed by atoms with Crippen LogP contribution in [-0.4, -0.2) is 28.4 Å². The number of rotatable bonds is 6. The second-order valence-electron chi connectivity index (χ2n) is 2.72. The number of unbranched alkanes of at least 4 members (excludes halogenated alkanes) is 1. The summed E-state index contributed by atoms with van der Waals surface area (Å²) in [7, 11) is 0. The van der Waals surface area contributed by atoms with Crippen molar-refractivity contribution in [1.82, 2.24) is 5.32 Å². The van der Waals surface area contributed by atoms with Crippen molar-refractivity contribution in [1.29, 1.82) is 0 Å². The van der Waals surface area contributed by atoms with Crippen molar-refractivity contribution in [3.63, 3.8) is 0 Å². The number of hydrogen-bond donors (Lipinski definition) is 2. The van der Waals surface area contributed by atoms with Crippen LogP contribution in [-0.2, 0) is 9.59 Å². The molecule has 4 nitrogen and oxygen atoms in total. The molecular formula is C8H14BrNO3. The number of carboxylic acid groups (broad SMARTS) is 1. The zero-order valence-electron chi connectivity index (χ0n) is 7.55. The molecule has 0 radical (unpaired) electrons. The van der Waals surface area contributed by atoms with E-state index in [-0.39, 0.29) is 17.3 Å². The minimum atomic E-state index is -1.02. The molecule has 0 aromatic carbocycles. The van der Waals surface area contributed by atoms with Crippen molar-refractivity contribution in [2.45, 2.75) is 31.0 Å². The van der Waals surface area contributed by atoms with Crippen molar-refractivity contribution < 1.29 is 14.7 Å². The summed E-state index contributed by atoms with van der Waals surface area (Å²) in [6.45, 7) is 1.72. The lowest BCUT2D eigenvalue weighted by Crippen LogP contribution is -2.34. The first-order valence-electron chi connectivity index (χ1n) is 4.21. The number of hydrogen-bond acceptors (Lipinski definition) is 2. The van der Waals surface area contributed by atoms with Crippen molar-refractivity contribution in [3.05, 3.63) is 0 Å². The highest BCUT2D eigenvalue weighted by Crippen LogP contribution is 2.09. The van der Waals surface area contributed by atoms with Crippen LogP contribution < -0.4 is 5.32 Å². The Bertz CT molecular complexity index is 184. The third-order valence-corrected chi connectivity index (χ3v) is 2.38. The fourth-order valence-electron chi connectivity index (χ4n) is 0.788. The summed E-state index contributed by atoms with van der Waals surface area (Å²) < 4.78 is 0. The monoisotopic (exact) mass is 251 g/mol. The van der Waals surface area contributed by atoms with Crippen LogP contribution in [0, 0.1) is 0 Å². The van der Waals surface area contributed by atoms with Gasteiger partial charge in [-0.05, 0) is 6.42 Å². The van der Waals surface area contributed by atoms with Gasteiger partial charge >= 0.3 is 5.97 Å². The first-order chi connectivity index (χ1) is 6.07. The predicted octanol–water partition coefficient (Wildman–Crippen LogP) is 1.14. The molecule has 0 aromatic heterocycles. The Morgan fingerprint density at radius 3 is 2.62 bits per heavy atom. The van der Waals surface area contributed by atoms with Crippen molar-refractivity contribution in [2.75, 3.05) is 6.54 Å². The SMILES string of the molecule is CCCC[C@@H](Br)C(=O)NCC(=O)O. The number of carboxylic acids is 1. The molecule has 0 saturated heterocycles. The fourth-order valence-corrected chi connectivity index (χ4v) is 1.27. The predicted molar refractivity (Wildman–Crippen MR) is 52.9 cm³/mol. The lowest BCUT2D eigenvalue weighted by molar-refractivity contribution is -0.137. The maximum Gasteiger partial charge on any atom is 0.322 e. The Morgan fingerprint density at radius 2 is 2.15 bits per heavy atom. The van der Waals surface area contributed by atoms with Gasteiger partial charge in [0.1, 0.15) is 6.54 Å². The van der Waals surface area contributed by atoms with E-state index in [4.69, 9.17) is 5.11 Å². The molecule has 0 unspecified atom stereocenters. The Labute approximate surface area is 85.8 Å². The summed E-state index contributed by atoms with van der Waals surface area (Å²) in [6.07, 6.45) is 2.71. The average Bonchev–Trinajstić information content (AvgIpc) is 2.10. The molecule has 13 heavy (non-hydrogen) atoms. The molecule has 0 aromatic rings. The van der Waals surface area contributed by atoms with Crippen LogP contribution in [0.4, 0.5) is 0 Å². The molecule has 0 rings (SSSR count). The van der Waals surface area contributed by atoms with E-state index in [2.05, 4.69) is 21.2 Å². The molecule has 1 amide bonds. The molecule has 0 aliphatic rings. The van der Waals surface area contributed by atoms with E-state index in [0.29, 0.717) is 0 Å². The van der Waals surface area contributed by atoms with E-state index in [1.165, 1.54) is 0 Å². The lowest BCUT2D eigenvalue weighted by Gasteiger charge is -2.07. The van der Waals surface area contributed by atoms with Gasteiger partial charge in [-0.3, -0.25) is 9.59 Å². The van der Waals surface area contributed by atoms with Crippen molar-refractivity contribution in [2.24, 2.45) is 0 Å². The summed E-state index contributed by atoms with van der Waals surface area (Å²) in [5.74, 6) is -1.28. The third-order valence-electron chi connectivity index (χ3n) is 1.51. The van der Waals surface area contributed by atoms with Gasteiger partial charge in [0.05, 0.1) is 4.83 Å². The molecule has 0 aliphatic carbocycles. The summed E-state index contributed by atoms with van der Waals surface area (Å²) in [5, 5.41) is 10.6. The van der Waals surface area contributed by atoms with E-state index in [9.17, 15) is 9.59 Å². The highest BCUT2D eigenvalue weighted by atomic mass is 79.9. The molecule has 0 saturated carbocycles. The van der Waals surface area contributed by atoms with Crippen LogP contribution >= 0.6 is 15.9 Å². The number of carbonyl (C=O) groups is 2. The topological polar surface area (TPSA) is 66.4 Å². The molecule has 0 aliphatic heterocycles. The van der Waals surface area contributed by atoms with Gasteiger partial charge in [-0.15, -0.1) is 0 Å². The first-order valence-corrected chi connectivity index (χ1v) is 5.13. The van der Waals surface area contributed by atoms with Gasteiger partial charge in [0.2, 0.25) is 5.91 Å². The summed E-state index contributed by atoms with van der Waals surface area (Å²) in [5.41, 5.74) is 0. The molecule has 0 fully saturated rings. The summed E-state index contributed by atoms with van der Waals surface area (Å²) in [4.78, 5) is 21.0. The number of nitrogens with one attached hydrogen (secondary N) is 1. The molecule has 1 atom stereocenters. The van der Waals surface area contributed by atoms with Gasteiger partial charge in [0, 0.05) is 0 Å². The Morgan fingerprint density at radius 1 is 1.54 bits per heavy atom. The lowest BCUT2D eigenvalue weighted by atomic mass is 10.2. The zero-order chi connectivity index (χ0) is 10.3. The Kier molecular flexibility index (Phi) is 6.58. The number of carbonyl (C=O) groups excluding carboxylic acids is 1. The van der Waals surface area contributed by atoms with E-state index in [1.54, 1.807) is 0 Å². The molecule has 0 spiro atoms. The summed E-state index contributed by atoms with van der Waals surface area (Å²) >= 11 is 3.19. The van der Waals surface area contributed by atoms with Crippen LogP contribution in [0.5, 0.6) is 0 Å². The molecule has 5 heteroatoms. The quantitative estimate of drug-likeness (QED) is 0.696. The average molecular weight is 252 g/mol. The molecule has 2 N–H and O–H groups in total. The summed E-state index contributed by atoms with van der Waals surface area (Å²) in [6, 6.07) is 0. The zero-order valence-corrected chi connectivity index (χ0v) is 9.13. The van der Waals surface area contributed by atoms with Crippen LogP contribution in [0.3, 0.4) is 0 Å². The second-order valence-corrected chi connectivity index (χ2v) is 3.83. The second kappa shape index (κ2) is 6.88. The maximum absolute atomic E-state index is 11.1. The minimum absolute atomic E-state index is 0.254. The van der Waals surface area contributed by atoms with Crippen LogP contribution in [0.25, 0.3) is 0 Å². The number of alkyl halides is 1. The smallest absolute Gasteiger partial charge is 0.322 e. The van der Waals surface area contributed by atoms with Gasteiger partial charge in [0.25, 0.3) is 0 Å². The maximum atomic E-state index is 11.1. The van der Waals surface area contributed by atoms with E-state index >= 15 is 0 Å². The fraction of sp³-hybridized carbons (Fsp3) is 0.750. The molecular weight excluding hydrogens is 238 g/mol. The minimum Gasteiger partial charge on any atom is -0.480 e. The molecule has 0 bridgehead atoms. The molecule has 0 heterocycles. The van der Waals surface area contributed by atoms with Crippen molar-refractivity contribution in [3.8, 4) is 0 Å². The highest BCUT2D eigenvalue weighted by molar-refractivity contribution is 9.10. The first kappa shape index (κ1) is 12.4. The normalized spacial score (nSPS) is 12.2. The van der Waals surface area contributed by atoms with E-state index in [1.807, 2.05) is 6.92 Å². The van der Waals surface area contributed by atoms with Crippen LogP contribution in [0.2, 0.25) is 0 Å². The van der Waals surface area contributed by atoms with Gasteiger partial charge < -0.3 is 10.4 Å². The van der Waals surface area contributed by atoms with E-state index in [0.717, 1.165) is 19.3 Å². The number of amides is 1. The van der Waals surface area contributed by atoms with Gasteiger partial charge in [-0.1, -0.05) is 35.7 Å². The van der Waals surface area contributed by atoms with Crippen LogP contribution in [0.15, 0.2) is 0 Å². The Balaban J connectivity index is 3.63. The van der Waals surface area contributed by atoms with Crippen molar-refractivity contribution >= 4 is 27.8 Å². The molecule has 76 valence electrons. The van der Waals surface area contributed by atoms with Gasteiger partial charge in [-0.2, -0.15) is 0 Å². The Hall–Kier alpha value is -0.580. The number of halogens is 1. The number of aliphatic carboxylic acids is 1. The van der Waals surface area contributed by atoms with Gasteiger partial charge in [0.15, 0.2) is 0 Å². The largest absolute Gasteiger partial charge is 0.480 e. The third kappa shape index (κ3) is 6.57. The van der Waals surface area contributed by atoms with Gasteiger partial charge in [-0.25, -0.2) is 0 Å². The standard InChI is InChI=1S/C8H14BrNO3/c1-2-3-4-6(9)8(13)10-5-7(11)12/h6H,2-5H2,1H3,(H,10,13)(H,11,12)/t6-/m1/s1.